The highest BCUT2D eigenvalue weighted by atomic mass is 32.2. The molecule has 0 aromatic heterocycles. The third-order valence-electron chi connectivity index (χ3n) is 14.4. The number of aromatic hydroxyl groups is 4. The highest BCUT2D eigenvalue weighted by Crippen LogP contribution is 2.48. The Hall–Kier alpha value is -12.3. The molecule has 0 saturated heterocycles. The zero-order chi connectivity index (χ0) is 77.9. The van der Waals surface area contributed by atoms with Gasteiger partial charge < -0.3 is 45.0 Å². The first-order valence-electron chi connectivity index (χ1n) is 28.6. The second-order valence-corrected chi connectivity index (χ2v) is 27.5. The summed E-state index contributed by atoms with van der Waals surface area (Å²) in [6, 6.07) is 26.1. The summed E-state index contributed by atoms with van der Waals surface area (Å²) in [5, 5.41) is 119. The first-order chi connectivity index (χ1) is 49.8. The number of benzene rings is 10. The van der Waals surface area contributed by atoms with E-state index in [-0.39, 0.29) is 127 Å². The minimum atomic E-state index is -5.22. The topological polar surface area (TPSA) is 647 Å². The first-order valence-corrected chi connectivity index (χ1v) is 36.3. The van der Waals surface area contributed by atoms with Crippen molar-refractivity contribution in [2.75, 3.05) is 38.0 Å². The summed E-state index contributed by atoms with van der Waals surface area (Å²) in [6.45, 7) is -0.0938. The van der Waals surface area contributed by atoms with Crippen molar-refractivity contribution in [3.05, 3.63) is 149 Å². The van der Waals surface area contributed by atoms with Gasteiger partial charge >= 0.3 is 21.2 Å². The van der Waals surface area contributed by atoms with Crippen LogP contribution in [-0.2, 0) is 71.2 Å². The Balaban J connectivity index is 0.00000169. The fraction of sp³-hybridized carbons (Fsp3) is 0.102. The van der Waals surface area contributed by atoms with Crippen LogP contribution in [0.15, 0.2) is 204 Å². The molecule has 10 rings (SSSR count). The Kier molecular flexibility index (Phi) is 24.7. The van der Waals surface area contributed by atoms with E-state index in [9.17, 15) is 97.4 Å². The van der Waals surface area contributed by atoms with Gasteiger partial charge in [0.1, 0.15) is 49.7 Å². The summed E-state index contributed by atoms with van der Waals surface area (Å²) in [7, 11) is -26.4. The molecule has 0 radical (unpaired) electrons. The molecule has 0 amide bonds. The zero-order valence-corrected chi connectivity index (χ0v) is 57.8. The van der Waals surface area contributed by atoms with Crippen molar-refractivity contribution in [2.45, 2.75) is 26.5 Å². The number of hydrogen-bond donors (Lipinski definition) is 10. The van der Waals surface area contributed by atoms with Gasteiger partial charge in [0.05, 0.1) is 61.8 Å². The number of aliphatic hydroxyl groups excluding tert-OH is 2. The number of non-ortho nitro benzene ring substituents is 1. The molecule has 47 heteroatoms. The van der Waals surface area contributed by atoms with Crippen molar-refractivity contribution >= 4 is 180 Å². The third kappa shape index (κ3) is 19.3. The SMILES string of the molecule is Cc1cc(N=Nc2c(S(=O)(=O)O)cc3ccc(N=Nc4c(N(CCO)CCO)ccc5c(O)c(N=Nc6ccc7c(O)c(N=Nc8ccc([N+](=O)[O-])cc8S(=O)(=O)O)ccc7c6)ccc45)cc3c2O)c(OCOC=O)cc1N=Nc1cc(S(=O)(=O)O)cc2cc(S(=O)(=O)O)cc(O)c12.O=S(=O)=O.O=S(=O)=O. The fourth-order valence-corrected chi connectivity index (χ4v) is 12.2. The van der Waals surface area contributed by atoms with Gasteiger partial charge in [0.25, 0.3) is 52.6 Å². The lowest BCUT2D eigenvalue weighted by Crippen LogP contribution is -2.29. The quantitative estimate of drug-likeness (QED) is 0.00511. The number of carbonyl (C=O) groups excluding carboxylic acids is 1. The van der Waals surface area contributed by atoms with Crippen LogP contribution in [0.25, 0.3) is 43.1 Å². The maximum absolute atomic E-state index is 13.0. The summed E-state index contributed by atoms with van der Waals surface area (Å²) in [4.78, 5) is 19.6. The first kappa shape index (κ1) is 79.4. The Morgan fingerprint density at radius 3 is 1.58 bits per heavy atom. The second kappa shape index (κ2) is 33.0. The van der Waals surface area contributed by atoms with Gasteiger partial charge in [-0.15, -0.1) is 61.1 Å². The molecule has 0 heterocycles. The van der Waals surface area contributed by atoms with Gasteiger partial charge in [-0.05, 0) is 126 Å². The number of nitrogens with zero attached hydrogens (tertiary/aromatic N) is 12. The number of azo groups is 5. The number of nitro groups is 1. The number of anilines is 1. The molecule has 552 valence electrons. The van der Waals surface area contributed by atoms with Gasteiger partial charge in [-0.3, -0.25) is 33.1 Å². The molecule has 10 aromatic carbocycles. The minimum absolute atomic E-state index is 0.00612. The van der Waals surface area contributed by atoms with Crippen LogP contribution in [0.4, 0.5) is 68.2 Å². The molecule has 10 aromatic rings. The molecular weight excluding hydrogens is 1530 g/mol. The monoisotopic (exact) mass is 1580 g/mol. The van der Waals surface area contributed by atoms with E-state index in [1.807, 2.05) is 0 Å². The lowest BCUT2D eigenvalue weighted by molar-refractivity contribution is -0.385. The largest absolute Gasteiger partial charge is 0.507 e. The molecule has 0 bridgehead atoms. The van der Waals surface area contributed by atoms with E-state index >= 15 is 0 Å². The van der Waals surface area contributed by atoms with E-state index in [4.69, 9.17) is 30.0 Å². The average molecular weight is 1580 g/mol. The number of ether oxygens (including phenoxy) is 2. The van der Waals surface area contributed by atoms with E-state index in [2.05, 4.69) is 55.9 Å². The van der Waals surface area contributed by atoms with E-state index in [1.54, 1.807) is 4.90 Å². The number of phenolic OH excluding ortho intramolecular Hbond substituents is 4. The van der Waals surface area contributed by atoms with Crippen LogP contribution in [0.3, 0.4) is 0 Å². The van der Waals surface area contributed by atoms with Crippen LogP contribution in [0.2, 0.25) is 0 Å². The maximum atomic E-state index is 13.0. The van der Waals surface area contributed by atoms with Crippen molar-refractivity contribution in [3.8, 4) is 28.7 Å². The third-order valence-corrected chi connectivity index (χ3v) is 17.8. The molecule has 0 unspecified atom stereocenters. The maximum Gasteiger partial charge on any atom is 0.425 e. The molecule has 106 heavy (non-hydrogen) atoms. The standard InChI is InChI=1S/C59H46N12O23S4.2O3S/c1-30-18-47(51(94-29-93-28-74)27-46(30)65-67-48-25-37(95(81,82)83)20-33-21-38(96(84,85)86)26-50(75)54(33)48)66-69-56-53(98(90,91)92)22-32-2-4-35(23-42(32)59(56)78)61-68-55-40-8-12-45(58(77)41(40)9-13-49(55)70(14-16-72)15-17-73)63-60-34-5-7-39-31(19-34)3-10-44(57(39)76)64-62-43-11-6-36(71(79)80)24-52(43)97(87,88)89;2*1-4(2)3/h2-13,18-28,72-73,75-78H,14-17,29H2,1H3,(H,81,82,83)(H,84,85,86)(H,87,88,89)(H,90,91,92);;. The number of nitro benzene ring substituents is 1. The van der Waals surface area contributed by atoms with Crippen LogP contribution in [-0.4, -0.2) is 152 Å². The number of rotatable bonds is 24. The molecule has 41 nitrogen and oxygen atoms in total. The van der Waals surface area contributed by atoms with Gasteiger partial charge in [0, 0.05) is 58.9 Å². The Labute approximate surface area is 596 Å². The summed E-state index contributed by atoms with van der Waals surface area (Å²) < 4.78 is 199. The van der Waals surface area contributed by atoms with Gasteiger partial charge in [-0.2, -0.15) is 49.0 Å². The van der Waals surface area contributed by atoms with Crippen molar-refractivity contribution in [3.63, 3.8) is 0 Å². The van der Waals surface area contributed by atoms with Crippen LogP contribution >= 0.6 is 0 Å². The molecule has 0 saturated carbocycles. The molecule has 10 N–H and O–H groups in total. The fourth-order valence-electron chi connectivity index (χ4n) is 9.83. The highest BCUT2D eigenvalue weighted by Gasteiger charge is 2.26. The molecule has 0 aliphatic carbocycles. The predicted octanol–water partition coefficient (Wildman–Crippen LogP) is 10.7. The number of fused-ring (bicyclic) bond motifs is 4. The van der Waals surface area contributed by atoms with Crippen LogP contribution in [0.5, 0.6) is 28.7 Å². The molecular formula is C59H46N12O29S6. The Morgan fingerprint density at radius 1 is 0.472 bits per heavy atom. The van der Waals surface area contributed by atoms with Gasteiger partial charge in [-0.1, -0.05) is 12.1 Å². The molecule has 0 aliphatic heterocycles. The summed E-state index contributed by atoms with van der Waals surface area (Å²) in [5.74, 6) is -2.79. The van der Waals surface area contributed by atoms with Crippen LogP contribution in [0, 0.1) is 17.0 Å². The van der Waals surface area contributed by atoms with Gasteiger partial charge in [0.2, 0.25) is 6.79 Å². The molecule has 0 atom stereocenters. The summed E-state index contributed by atoms with van der Waals surface area (Å²) in [5.41, 5.74) is -2.11. The zero-order valence-electron chi connectivity index (χ0n) is 52.9. The van der Waals surface area contributed by atoms with Crippen molar-refractivity contribution < 1.29 is 127 Å². The predicted molar refractivity (Wildman–Crippen MR) is 365 cm³/mol. The highest BCUT2D eigenvalue weighted by molar-refractivity contribution is 7.86. The number of carbonyl (C=O) groups is 1. The molecule has 0 aliphatic rings. The minimum Gasteiger partial charge on any atom is -0.507 e. The van der Waals surface area contributed by atoms with E-state index in [0.717, 1.165) is 42.5 Å². The van der Waals surface area contributed by atoms with Crippen molar-refractivity contribution in [1.82, 2.24) is 0 Å². The number of phenols is 4. The van der Waals surface area contributed by atoms with Crippen molar-refractivity contribution in [1.29, 1.82) is 0 Å². The second-order valence-electron chi connectivity index (χ2n) is 21.0. The van der Waals surface area contributed by atoms with Crippen LogP contribution in [0.1, 0.15) is 5.56 Å². The van der Waals surface area contributed by atoms with Gasteiger partial charge in [0.15, 0.2) is 23.0 Å². The van der Waals surface area contributed by atoms with Crippen molar-refractivity contribution in [2.24, 2.45) is 51.1 Å². The molecule has 0 fully saturated rings. The van der Waals surface area contributed by atoms with Crippen LogP contribution < -0.4 is 9.64 Å². The normalized spacial score (nSPS) is 12.1. The van der Waals surface area contributed by atoms with E-state index in [1.165, 1.54) is 85.8 Å². The van der Waals surface area contributed by atoms with Gasteiger partial charge in [-0.25, -0.2) is 0 Å². The Bertz CT molecular complexity index is 6110. The summed E-state index contributed by atoms with van der Waals surface area (Å²) in [6.07, 6.45) is 0. The van der Waals surface area contributed by atoms with E-state index in [0.29, 0.717) is 23.2 Å². The lowest BCUT2D eigenvalue weighted by Gasteiger charge is -2.25. The summed E-state index contributed by atoms with van der Waals surface area (Å²) >= 11 is 0. The number of aliphatic hydroxyl groups is 2. The smallest absolute Gasteiger partial charge is 0.425 e. The van der Waals surface area contributed by atoms with E-state index < -0.39 is 133 Å². The molecule has 0 spiro atoms. The Morgan fingerprint density at radius 2 is 0.972 bits per heavy atom. The average Bonchev–Trinajstić information content (AvgIpc) is 0.774. The number of aryl methyl sites for hydroxylation is 1. The number of hydrogen-bond acceptors (Lipinski definition) is 36. The lowest BCUT2D eigenvalue weighted by atomic mass is 10.0.